The van der Waals surface area contributed by atoms with Gasteiger partial charge in [-0.15, -0.1) is 0 Å². The molecule has 1 aliphatic heterocycles. The first-order chi connectivity index (χ1) is 12.6. The van der Waals surface area contributed by atoms with Crippen molar-refractivity contribution < 1.29 is 9.90 Å². The second-order valence-corrected chi connectivity index (χ2v) is 7.14. The Morgan fingerprint density at radius 1 is 1.19 bits per heavy atom. The monoisotopic (exact) mass is 369 g/mol. The number of rotatable bonds is 5. The maximum atomic E-state index is 11.5. The lowest BCUT2D eigenvalue weighted by Crippen LogP contribution is -2.36. The van der Waals surface area contributed by atoms with Gasteiger partial charge < -0.3 is 9.67 Å². The number of carboxylic acids is 1. The van der Waals surface area contributed by atoms with E-state index in [9.17, 15) is 9.90 Å². The molecule has 3 aromatic rings. The molecule has 0 unspecified atom stereocenters. The molecule has 1 N–H and O–H groups in total. The zero-order valence-corrected chi connectivity index (χ0v) is 15.1. The Balaban J connectivity index is 1.73. The van der Waals surface area contributed by atoms with Crippen LogP contribution < -0.4 is 0 Å². The molecule has 0 bridgehead atoms. The predicted octanol–water partition coefficient (Wildman–Crippen LogP) is 3.79. The van der Waals surface area contributed by atoms with Crippen LogP contribution in [0.5, 0.6) is 0 Å². The fourth-order valence-electron chi connectivity index (χ4n) is 3.69. The van der Waals surface area contributed by atoms with Crippen molar-refractivity contribution in [1.82, 2.24) is 14.5 Å². The summed E-state index contributed by atoms with van der Waals surface area (Å²) >= 11 is 6.14. The molecule has 0 saturated carbocycles. The van der Waals surface area contributed by atoms with Crippen molar-refractivity contribution in [2.75, 3.05) is 6.54 Å². The second kappa shape index (κ2) is 7.09. The van der Waals surface area contributed by atoms with Crippen molar-refractivity contribution in [1.29, 1.82) is 0 Å². The lowest BCUT2D eigenvalue weighted by molar-refractivity contribution is -0.142. The number of carboxylic acid groups (broad SMARTS) is 1. The van der Waals surface area contributed by atoms with E-state index < -0.39 is 12.0 Å². The highest BCUT2D eigenvalue weighted by atomic mass is 35.5. The zero-order valence-electron chi connectivity index (χ0n) is 14.3. The molecule has 2 aromatic carbocycles. The van der Waals surface area contributed by atoms with E-state index in [2.05, 4.69) is 16.7 Å². The summed E-state index contributed by atoms with van der Waals surface area (Å²) in [5, 5.41) is 10.1. The standard InChI is InChI=1S/C20H20ClN3O2/c21-15-8-9-17-16(11-15)22-19(13-23-10-4-7-18(23)20(25)26)24(17)12-14-5-2-1-3-6-14/h1-3,5-6,8-9,11,18H,4,7,10,12-13H2,(H,25,26)/t18-/m1/s1. The average molecular weight is 370 g/mol. The van der Waals surface area contributed by atoms with Crippen LogP contribution >= 0.6 is 11.6 Å². The number of fused-ring (bicyclic) bond motifs is 1. The molecule has 0 aliphatic carbocycles. The molecule has 134 valence electrons. The predicted molar refractivity (Wildman–Crippen MR) is 101 cm³/mol. The highest BCUT2D eigenvalue weighted by molar-refractivity contribution is 6.31. The molecule has 26 heavy (non-hydrogen) atoms. The number of imidazole rings is 1. The van der Waals surface area contributed by atoms with Gasteiger partial charge in [0, 0.05) is 11.6 Å². The van der Waals surface area contributed by atoms with Gasteiger partial charge in [0.15, 0.2) is 0 Å². The van der Waals surface area contributed by atoms with E-state index in [0.29, 0.717) is 24.5 Å². The smallest absolute Gasteiger partial charge is 0.320 e. The molecule has 4 rings (SSSR count). The lowest BCUT2D eigenvalue weighted by Gasteiger charge is -2.21. The fraction of sp³-hybridized carbons (Fsp3) is 0.300. The van der Waals surface area contributed by atoms with Crippen LogP contribution in [-0.2, 0) is 17.9 Å². The summed E-state index contributed by atoms with van der Waals surface area (Å²) in [5.74, 6) is 0.121. The Labute approximate surface area is 156 Å². The van der Waals surface area contributed by atoms with Crippen LogP contribution in [0.15, 0.2) is 48.5 Å². The van der Waals surface area contributed by atoms with E-state index in [1.807, 2.05) is 41.3 Å². The highest BCUT2D eigenvalue weighted by Crippen LogP contribution is 2.25. The van der Waals surface area contributed by atoms with Crippen molar-refractivity contribution in [3.63, 3.8) is 0 Å². The third-order valence-corrected chi connectivity index (χ3v) is 5.20. The average Bonchev–Trinajstić information content (AvgIpc) is 3.21. The number of aliphatic carboxylic acids is 1. The molecule has 0 spiro atoms. The summed E-state index contributed by atoms with van der Waals surface area (Å²) in [5.41, 5.74) is 3.04. The van der Waals surface area contributed by atoms with Gasteiger partial charge in [-0.3, -0.25) is 9.69 Å². The van der Waals surface area contributed by atoms with E-state index in [1.54, 1.807) is 0 Å². The molecule has 5 nitrogen and oxygen atoms in total. The summed E-state index contributed by atoms with van der Waals surface area (Å²) in [6.45, 7) is 2.00. The van der Waals surface area contributed by atoms with Gasteiger partial charge >= 0.3 is 5.97 Å². The maximum absolute atomic E-state index is 11.5. The first kappa shape index (κ1) is 17.1. The van der Waals surface area contributed by atoms with Crippen molar-refractivity contribution in [3.05, 3.63) is 64.9 Å². The van der Waals surface area contributed by atoms with Gasteiger partial charge in [-0.05, 0) is 43.1 Å². The van der Waals surface area contributed by atoms with Gasteiger partial charge in [-0.25, -0.2) is 4.98 Å². The molecule has 1 aromatic heterocycles. The van der Waals surface area contributed by atoms with Crippen LogP contribution in [0.1, 0.15) is 24.2 Å². The number of nitrogens with zero attached hydrogens (tertiary/aromatic N) is 3. The molecule has 1 fully saturated rings. The van der Waals surface area contributed by atoms with Gasteiger partial charge in [-0.1, -0.05) is 41.9 Å². The summed E-state index contributed by atoms with van der Waals surface area (Å²) in [7, 11) is 0. The fourth-order valence-corrected chi connectivity index (χ4v) is 3.86. The molecule has 0 radical (unpaired) electrons. The molecular formula is C20H20ClN3O2. The summed E-state index contributed by atoms with van der Waals surface area (Å²) < 4.78 is 2.16. The minimum Gasteiger partial charge on any atom is -0.480 e. The molecule has 1 atom stereocenters. The number of benzene rings is 2. The maximum Gasteiger partial charge on any atom is 0.320 e. The largest absolute Gasteiger partial charge is 0.480 e. The number of carbonyl (C=O) groups is 1. The minimum atomic E-state index is -0.753. The summed E-state index contributed by atoms with van der Waals surface area (Å²) in [6.07, 6.45) is 1.60. The van der Waals surface area contributed by atoms with E-state index >= 15 is 0 Å². The van der Waals surface area contributed by atoms with Crippen LogP contribution in [0.25, 0.3) is 11.0 Å². The van der Waals surface area contributed by atoms with Crippen molar-refractivity contribution >= 4 is 28.6 Å². The van der Waals surface area contributed by atoms with Crippen molar-refractivity contribution in [2.45, 2.75) is 32.0 Å². The molecule has 1 saturated heterocycles. The van der Waals surface area contributed by atoms with Crippen LogP contribution in [0, 0.1) is 0 Å². The van der Waals surface area contributed by atoms with Crippen molar-refractivity contribution in [3.8, 4) is 0 Å². The third-order valence-electron chi connectivity index (χ3n) is 4.97. The van der Waals surface area contributed by atoms with Crippen LogP contribution in [-0.4, -0.2) is 38.1 Å². The van der Waals surface area contributed by atoms with E-state index in [0.717, 1.165) is 29.8 Å². The molecule has 1 aliphatic rings. The van der Waals surface area contributed by atoms with Gasteiger partial charge in [0.1, 0.15) is 11.9 Å². The second-order valence-electron chi connectivity index (χ2n) is 6.70. The number of hydrogen-bond acceptors (Lipinski definition) is 3. The molecule has 0 amide bonds. The van der Waals surface area contributed by atoms with Gasteiger partial charge in [0.05, 0.1) is 17.6 Å². The van der Waals surface area contributed by atoms with Crippen LogP contribution in [0.3, 0.4) is 0 Å². The van der Waals surface area contributed by atoms with E-state index in [1.165, 1.54) is 5.56 Å². The Morgan fingerprint density at radius 3 is 2.77 bits per heavy atom. The first-order valence-electron chi connectivity index (χ1n) is 8.77. The van der Waals surface area contributed by atoms with E-state index in [4.69, 9.17) is 16.6 Å². The van der Waals surface area contributed by atoms with Gasteiger partial charge in [0.25, 0.3) is 0 Å². The van der Waals surface area contributed by atoms with Gasteiger partial charge in [-0.2, -0.15) is 0 Å². The lowest BCUT2D eigenvalue weighted by atomic mass is 10.2. The number of likely N-dealkylation sites (tertiary alicyclic amines) is 1. The highest BCUT2D eigenvalue weighted by Gasteiger charge is 2.31. The summed E-state index contributed by atoms with van der Waals surface area (Å²) in [4.78, 5) is 18.3. The third kappa shape index (κ3) is 3.32. The van der Waals surface area contributed by atoms with Crippen molar-refractivity contribution in [2.24, 2.45) is 0 Å². The Kier molecular flexibility index (Phi) is 4.66. The number of halogens is 1. The first-order valence-corrected chi connectivity index (χ1v) is 9.15. The topological polar surface area (TPSA) is 58.4 Å². The Morgan fingerprint density at radius 2 is 2.00 bits per heavy atom. The molecule has 2 heterocycles. The van der Waals surface area contributed by atoms with Gasteiger partial charge in [0.2, 0.25) is 0 Å². The Hall–Kier alpha value is -2.37. The zero-order chi connectivity index (χ0) is 18.1. The van der Waals surface area contributed by atoms with E-state index in [-0.39, 0.29) is 0 Å². The summed E-state index contributed by atoms with van der Waals surface area (Å²) in [6, 6.07) is 15.5. The number of hydrogen-bond donors (Lipinski definition) is 1. The SMILES string of the molecule is O=C(O)[C@H]1CCCN1Cc1nc2cc(Cl)ccc2n1Cc1ccccc1. The number of aromatic nitrogens is 2. The van der Waals surface area contributed by atoms with Crippen LogP contribution in [0.2, 0.25) is 5.02 Å². The molecule has 6 heteroatoms. The quantitative estimate of drug-likeness (QED) is 0.743. The normalized spacial score (nSPS) is 17.8. The Bertz CT molecular complexity index is 939. The molecular weight excluding hydrogens is 350 g/mol. The van der Waals surface area contributed by atoms with Crippen LogP contribution in [0.4, 0.5) is 0 Å². The minimum absolute atomic E-state index is 0.427.